The molecule has 0 aromatic heterocycles. The Kier molecular flexibility index (Phi) is 9.71. The van der Waals surface area contributed by atoms with E-state index in [9.17, 15) is 15.0 Å². The minimum atomic E-state index is -0.275. The standard InChI is InChI=1S/C32H46N2O6S/c1-31(2,3)23-17-21(18-24(28(23)36)32(4,5)6)30-34(29(37)27(41-30)11-15-35)13-8-12-33(7)14-16-38-22-9-10-25-26(19-22)40-20-39-25/h9-10,17-19,27,30,35-36H,8,11-16,20H2,1-7H3. The Morgan fingerprint density at radius 1 is 1.02 bits per heavy atom. The molecule has 2 aromatic rings. The second-order valence-corrected chi connectivity index (χ2v) is 14.3. The number of aliphatic hydroxyl groups excluding tert-OH is 1. The summed E-state index contributed by atoms with van der Waals surface area (Å²) in [6, 6.07) is 9.73. The number of rotatable bonds is 11. The molecule has 2 aliphatic rings. The highest BCUT2D eigenvalue weighted by Gasteiger charge is 2.41. The molecule has 2 aliphatic heterocycles. The summed E-state index contributed by atoms with van der Waals surface area (Å²) in [6.45, 7) is 15.5. The van der Waals surface area contributed by atoms with Crippen molar-refractivity contribution in [1.82, 2.24) is 9.80 Å². The maximum atomic E-state index is 13.5. The van der Waals surface area contributed by atoms with Crippen molar-refractivity contribution in [3.05, 3.63) is 47.0 Å². The number of benzene rings is 2. The van der Waals surface area contributed by atoms with Crippen molar-refractivity contribution in [2.75, 3.05) is 46.7 Å². The number of fused-ring (bicyclic) bond motifs is 1. The summed E-state index contributed by atoms with van der Waals surface area (Å²) >= 11 is 1.61. The molecule has 4 rings (SSSR count). The molecule has 0 saturated carbocycles. The molecule has 8 nitrogen and oxygen atoms in total. The fourth-order valence-corrected chi connectivity index (χ4v) is 6.69. The molecule has 0 radical (unpaired) electrons. The number of carbonyl (C=O) groups is 1. The van der Waals surface area contributed by atoms with Crippen molar-refractivity contribution in [3.63, 3.8) is 0 Å². The SMILES string of the molecule is CN(CCCN1C(=O)C(CCO)SC1c1cc(C(C)(C)C)c(O)c(C(C)(C)C)c1)CCOc1ccc2c(c1)OCO2. The zero-order valence-electron chi connectivity index (χ0n) is 25.5. The van der Waals surface area contributed by atoms with Crippen LogP contribution in [0.15, 0.2) is 30.3 Å². The average molecular weight is 587 g/mol. The Morgan fingerprint density at radius 3 is 2.32 bits per heavy atom. The van der Waals surface area contributed by atoms with E-state index in [2.05, 4.69) is 65.6 Å². The number of thioether (sulfide) groups is 1. The third-order valence-electron chi connectivity index (χ3n) is 7.58. The number of carbonyl (C=O) groups excluding carboxylic acids is 1. The van der Waals surface area contributed by atoms with Gasteiger partial charge in [0.25, 0.3) is 0 Å². The van der Waals surface area contributed by atoms with Crippen molar-refractivity contribution in [1.29, 1.82) is 0 Å². The Labute approximate surface area is 249 Å². The number of hydrogen-bond acceptors (Lipinski definition) is 8. The summed E-state index contributed by atoms with van der Waals surface area (Å²) in [5.41, 5.74) is 2.30. The maximum absolute atomic E-state index is 13.5. The number of phenolic OH excluding ortho intramolecular Hbond substituents is 1. The molecule has 0 aliphatic carbocycles. The number of likely N-dealkylation sites (N-methyl/N-ethyl adjacent to an activating group) is 1. The van der Waals surface area contributed by atoms with E-state index in [1.807, 2.05) is 23.1 Å². The van der Waals surface area contributed by atoms with Crippen LogP contribution in [0.4, 0.5) is 0 Å². The number of nitrogens with zero attached hydrogens (tertiary/aromatic N) is 2. The van der Waals surface area contributed by atoms with E-state index >= 15 is 0 Å². The molecule has 2 heterocycles. The summed E-state index contributed by atoms with van der Waals surface area (Å²) in [5.74, 6) is 2.60. The quantitative estimate of drug-likeness (QED) is 0.360. The lowest BCUT2D eigenvalue weighted by Crippen LogP contribution is -2.34. The van der Waals surface area contributed by atoms with Crippen molar-refractivity contribution < 1.29 is 29.2 Å². The smallest absolute Gasteiger partial charge is 0.237 e. The van der Waals surface area contributed by atoms with Crippen LogP contribution in [0.1, 0.15) is 76.4 Å². The molecule has 0 spiro atoms. The highest BCUT2D eigenvalue weighted by atomic mass is 32.2. The van der Waals surface area contributed by atoms with Gasteiger partial charge in [-0.25, -0.2) is 0 Å². The summed E-state index contributed by atoms with van der Waals surface area (Å²) in [5, 5.41) is 20.4. The van der Waals surface area contributed by atoms with E-state index in [-0.39, 0.29) is 40.8 Å². The first kappa shape index (κ1) is 31.3. The normalized spacial score (nSPS) is 19.0. The second-order valence-electron chi connectivity index (χ2n) is 13.0. The molecule has 0 bridgehead atoms. The first-order valence-corrected chi connectivity index (χ1v) is 15.4. The lowest BCUT2D eigenvalue weighted by atomic mass is 9.78. The maximum Gasteiger partial charge on any atom is 0.237 e. The highest BCUT2D eigenvalue weighted by molar-refractivity contribution is 8.01. The number of aliphatic hydroxyl groups is 1. The van der Waals surface area contributed by atoms with Gasteiger partial charge in [-0.2, -0.15) is 0 Å². The summed E-state index contributed by atoms with van der Waals surface area (Å²) in [7, 11) is 2.06. The van der Waals surface area contributed by atoms with Gasteiger partial charge in [0.2, 0.25) is 12.7 Å². The first-order chi connectivity index (χ1) is 19.3. The zero-order valence-corrected chi connectivity index (χ0v) is 26.3. The predicted molar refractivity (Wildman–Crippen MR) is 163 cm³/mol. The minimum absolute atomic E-state index is 0.0217. The molecular weight excluding hydrogens is 540 g/mol. The molecule has 1 amide bonds. The summed E-state index contributed by atoms with van der Waals surface area (Å²) in [6.07, 6.45) is 1.25. The van der Waals surface area contributed by atoms with Gasteiger partial charge in [-0.15, -0.1) is 11.8 Å². The molecule has 226 valence electrons. The predicted octanol–water partition coefficient (Wildman–Crippen LogP) is 5.44. The van der Waals surface area contributed by atoms with Crippen LogP contribution in [-0.2, 0) is 15.6 Å². The van der Waals surface area contributed by atoms with Gasteiger partial charge in [-0.05, 0) is 78.2 Å². The number of hydrogen-bond donors (Lipinski definition) is 2. The molecule has 2 N–H and O–H groups in total. The number of phenols is 1. The van der Waals surface area contributed by atoms with Crippen LogP contribution in [0.2, 0.25) is 0 Å². The van der Waals surface area contributed by atoms with Gasteiger partial charge in [0, 0.05) is 25.8 Å². The van der Waals surface area contributed by atoms with Gasteiger partial charge >= 0.3 is 0 Å². The van der Waals surface area contributed by atoms with E-state index in [0.29, 0.717) is 31.1 Å². The third kappa shape index (κ3) is 7.43. The van der Waals surface area contributed by atoms with Gasteiger partial charge < -0.3 is 34.2 Å². The van der Waals surface area contributed by atoms with Crippen molar-refractivity contribution in [2.45, 2.75) is 75.8 Å². The monoisotopic (exact) mass is 586 g/mol. The van der Waals surface area contributed by atoms with Crippen LogP contribution in [0.3, 0.4) is 0 Å². The van der Waals surface area contributed by atoms with E-state index in [1.54, 1.807) is 11.8 Å². The Morgan fingerprint density at radius 2 is 1.68 bits per heavy atom. The van der Waals surface area contributed by atoms with Crippen molar-refractivity contribution in [3.8, 4) is 23.0 Å². The van der Waals surface area contributed by atoms with Gasteiger partial charge in [0.1, 0.15) is 23.5 Å². The van der Waals surface area contributed by atoms with Crippen molar-refractivity contribution >= 4 is 17.7 Å². The molecule has 2 atom stereocenters. The van der Waals surface area contributed by atoms with Gasteiger partial charge in [0.05, 0.1) is 5.25 Å². The largest absolute Gasteiger partial charge is 0.507 e. The van der Waals surface area contributed by atoms with Gasteiger partial charge in [-0.3, -0.25) is 4.79 Å². The molecule has 2 aromatic carbocycles. The lowest BCUT2D eigenvalue weighted by Gasteiger charge is -2.31. The lowest BCUT2D eigenvalue weighted by molar-refractivity contribution is -0.130. The van der Waals surface area contributed by atoms with E-state index in [1.165, 1.54) is 0 Å². The highest BCUT2D eigenvalue weighted by Crippen LogP contribution is 2.48. The second kappa shape index (κ2) is 12.7. The Balaban J connectivity index is 1.42. The van der Waals surface area contributed by atoms with E-state index < -0.39 is 0 Å². The molecule has 1 fully saturated rings. The van der Waals surface area contributed by atoms with Crippen LogP contribution in [0.5, 0.6) is 23.0 Å². The average Bonchev–Trinajstić information content (AvgIpc) is 3.47. The van der Waals surface area contributed by atoms with E-state index in [4.69, 9.17) is 14.2 Å². The number of aromatic hydroxyl groups is 1. The zero-order chi connectivity index (χ0) is 29.9. The first-order valence-electron chi connectivity index (χ1n) is 14.4. The topological polar surface area (TPSA) is 91.7 Å². The number of ether oxygens (including phenoxy) is 3. The van der Waals surface area contributed by atoms with Gasteiger partial charge in [-0.1, -0.05) is 41.5 Å². The molecule has 41 heavy (non-hydrogen) atoms. The van der Waals surface area contributed by atoms with Gasteiger partial charge in [0.15, 0.2) is 11.5 Å². The molecular formula is C32H46N2O6S. The summed E-state index contributed by atoms with van der Waals surface area (Å²) in [4.78, 5) is 17.7. The fraction of sp³-hybridized carbons (Fsp3) is 0.594. The Bertz CT molecular complexity index is 1190. The summed E-state index contributed by atoms with van der Waals surface area (Å²) < 4.78 is 16.7. The molecule has 1 saturated heterocycles. The fourth-order valence-electron chi connectivity index (χ4n) is 5.23. The van der Waals surface area contributed by atoms with Crippen LogP contribution >= 0.6 is 11.8 Å². The van der Waals surface area contributed by atoms with Crippen LogP contribution < -0.4 is 14.2 Å². The Hall–Kier alpha value is -2.62. The molecule has 2 unspecified atom stereocenters. The van der Waals surface area contributed by atoms with Crippen LogP contribution in [0, 0.1) is 0 Å². The van der Waals surface area contributed by atoms with Crippen LogP contribution in [-0.4, -0.2) is 77.9 Å². The minimum Gasteiger partial charge on any atom is -0.507 e. The van der Waals surface area contributed by atoms with Crippen molar-refractivity contribution in [2.24, 2.45) is 0 Å². The molecule has 9 heteroatoms. The third-order valence-corrected chi connectivity index (χ3v) is 9.13. The van der Waals surface area contributed by atoms with Crippen LogP contribution in [0.25, 0.3) is 0 Å². The number of amides is 1. The van der Waals surface area contributed by atoms with E-state index in [0.717, 1.165) is 47.7 Å².